The van der Waals surface area contributed by atoms with Crippen LogP contribution in [0.3, 0.4) is 0 Å². The van der Waals surface area contributed by atoms with Gasteiger partial charge in [0, 0.05) is 16.5 Å². The molecule has 0 atom stereocenters. The number of thiazole rings is 1. The normalized spacial score (nSPS) is 15.0. The Morgan fingerprint density at radius 2 is 1.79 bits per heavy atom. The van der Waals surface area contributed by atoms with Crippen molar-refractivity contribution in [2.75, 3.05) is 26.2 Å². The van der Waals surface area contributed by atoms with E-state index in [9.17, 15) is 4.79 Å². The lowest BCUT2D eigenvalue weighted by molar-refractivity contribution is -0.917. The molecule has 5 heteroatoms. The molecule has 1 N–H and O–H groups in total. The first-order chi connectivity index (χ1) is 13.7. The molecule has 4 rings (SSSR count). The number of piperazine rings is 1. The van der Waals surface area contributed by atoms with E-state index in [0.717, 1.165) is 55.4 Å². The van der Waals surface area contributed by atoms with E-state index in [-0.39, 0.29) is 5.91 Å². The van der Waals surface area contributed by atoms with E-state index in [1.165, 1.54) is 16.0 Å². The summed E-state index contributed by atoms with van der Waals surface area (Å²) in [5.74, 6) is 0.145. The molecule has 2 heterocycles. The second kappa shape index (κ2) is 8.67. The molecule has 1 amide bonds. The zero-order valence-electron chi connectivity index (χ0n) is 16.2. The van der Waals surface area contributed by atoms with Crippen molar-refractivity contribution in [3.8, 4) is 10.6 Å². The Morgan fingerprint density at radius 3 is 2.46 bits per heavy atom. The summed E-state index contributed by atoms with van der Waals surface area (Å²) in [6, 6.07) is 18.3. The summed E-state index contributed by atoms with van der Waals surface area (Å²) < 4.78 is 0. The summed E-state index contributed by atoms with van der Waals surface area (Å²) in [5, 5.41) is 3.27. The summed E-state index contributed by atoms with van der Waals surface area (Å²) in [6.07, 6.45) is 1.06. The lowest BCUT2D eigenvalue weighted by Gasteiger charge is -2.32. The number of rotatable bonds is 5. The lowest BCUT2D eigenvalue weighted by atomic mass is 10.1. The molecular formula is C23H26N3OS+. The van der Waals surface area contributed by atoms with Gasteiger partial charge < -0.3 is 9.80 Å². The zero-order valence-corrected chi connectivity index (χ0v) is 17.0. The summed E-state index contributed by atoms with van der Waals surface area (Å²) in [4.78, 5) is 20.9. The van der Waals surface area contributed by atoms with Gasteiger partial charge in [0.25, 0.3) is 5.91 Å². The fraction of sp³-hybridized carbons (Fsp3) is 0.304. The minimum atomic E-state index is 0.145. The first kappa shape index (κ1) is 18.8. The Hall–Kier alpha value is -2.50. The van der Waals surface area contributed by atoms with E-state index in [1.807, 2.05) is 35.2 Å². The average Bonchev–Trinajstić information content (AvgIpc) is 3.23. The van der Waals surface area contributed by atoms with Gasteiger partial charge in [-0.3, -0.25) is 4.79 Å². The maximum atomic E-state index is 12.6. The Morgan fingerprint density at radius 1 is 1.07 bits per heavy atom. The molecule has 1 aromatic heterocycles. The quantitative estimate of drug-likeness (QED) is 0.725. The van der Waals surface area contributed by atoms with Crippen LogP contribution in [0.25, 0.3) is 10.6 Å². The second-order valence-electron chi connectivity index (χ2n) is 7.28. The van der Waals surface area contributed by atoms with Crippen molar-refractivity contribution in [3.05, 3.63) is 76.8 Å². The first-order valence-electron chi connectivity index (χ1n) is 9.94. The fourth-order valence-corrected chi connectivity index (χ4v) is 4.45. The third-order valence-corrected chi connectivity index (χ3v) is 6.31. The van der Waals surface area contributed by atoms with Gasteiger partial charge >= 0.3 is 0 Å². The average molecular weight is 393 g/mol. The molecule has 1 fully saturated rings. The number of aromatic nitrogens is 1. The molecule has 3 aromatic rings. The summed E-state index contributed by atoms with van der Waals surface area (Å²) in [7, 11) is 0. The number of nitrogens with zero attached hydrogens (tertiary/aromatic N) is 2. The fourth-order valence-electron chi connectivity index (χ4n) is 3.63. The van der Waals surface area contributed by atoms with Crippen LogP contribution in [-0.4, -0.2) is 42.0 Å². The Labute approximate surface area is 170 Å². The van der Waals surface area contributed by atoms with Crippen LogP contribution in [0.2, 0.25) is 0 Å². The van der Waals surface area contributed by atoms with Crippen LogP contribution in [0.15, 0.2) is 60.0 Å². The largest absolute Gasteiger partial charge is 0.327 e. The van der Waals surface area contributed by atoms with Gasteiger partial charge in [-0.15, -0.1) is 11.3 Å². The van der Waals surface area contributed by atoms with Crippen LogP contribution < -0.4 is 4.90 Å². The topological polar surface area (TPSA) is 37.6 Å². The van der Waals surface area contributed by atoms with Crippen LogP contribution in [0.4, 0.5) is 0 Å². The molecule has 0 bridgehead atoms. The predicted octanol–water partition coefficient (Wildman–Crippen LogP) is 2.91. The van der Waals surface area contributed by atoms with Gasteiger partial charge in [-0.2, -0.15) is 0 Å². The number of carbonyl (C=O) groups excluding carboxylic acids is 1. The maximum Gasteiger partial charge on any atom is 0.254 e. The Bertz CT molecular complexity index is 913. The minimum absolute atomic E-state index is 0.145. The molecule has 0 unspecified atom stereocenters. The van der Waals surface area contributed by atoms with Gasteiger partial charge in [0.15, 0.2) is 0 Å². The smallest absolute Gasteiger partial charge is 0.254 e. The summed E-state index contributed by atoms with van der Waals surface area (Å²) >= 11 is 1.72. The molecule has 2 aromatic carbocycles. The number of amides is 1. The summed E-state index contributed by atoms with van der Waals surface area (Å²) in [6.45, 7) is 6.65. The van der Waals surface area contributed by atoms with Crippen LogP contribution in [0, 0.1) is 0 Å². The molecule has 0 radical (unpaired) electrons. The van der Waals surface area contributed by atoms with Gasteiger partial charge in [0.1, 0.15) is 17.2 Å². The van der Waals surface area contributed by atoms with Crippen molar-refractivity contribution >= 4 is 17.2 Å². The molecule has 1 aliphatic rings. The highest BCUT2D eigenvalue weighted by molar-refractivity contribution is 7.13. The van der Waals surface area contributed by atoms with Gasteiger partial charge in [0.05, 0.1) is 26.2 Å². The SMILES string of the molecule is CCc1ccc(-c2nc(C[NH+]3CCN(C(=O)c4ccccc4)CC3)cs2)cc1. The van der Waals surface area contributed by atoms with Crippen LogP contribution in [0.1, 0.15) is 28.5 Å². The van der Waals surface area contributed by atoms with E-state index < -0.39 is 0 Å². The molecule has 1 aliphatic heterocycles. The number of hydrogen-bond acceptors (Lipinski definition) is 3. The molecule has 4 nitrogen and oxygen atoms in total. The van der Waals surface area contributed by atoms with Crippen molar-refractivity contribution < 1.29 is 9.69 Å². The molecule has 28 heavy (non-hydrogen) atoms. The van der Waals surface area contributed by atoms with E-state index in [2.05, 4.69) is 36.6 Å². The van der Waals surface area contributed by atoms with Crippen molar-refractivity contribution in [1.82, 2.24) is 9.88 Å². The number of quaternary nitrogens is 1. The van der Waals surface area contributed by atoms with Gasteiger partial charge in [-0.1, -0.05) is 49.4 Å². The molecule has 0 aliphatic carbocycles. The Balaban J connectivity index is 1.32. The van der Waals surface area contributed by atoms with Crippen molar-refractivity contribution in [2.24, 2.45) is 0 Å². The van der Waals surface area contributed by atoms with Crippen molar-refractivity contribution in [2.45, 2.75) is 19.9 Å². The van der Waals surface area contributed by atoms with Gasteiger partial charge in [-0.05, 0) is 24.1 Å². The van der Waals surface area contributed by atoms with Crippen LogP contribution in [0.5, 0.6) is 0 Å². The third kappa shape index (κ3) is 4.32. The van der Waals surface area contributed by atoms with E-state index in [1.54, 1.807) is 11.3 Å². The number of benzene rings is 2. The highest BCUT2D eigenvalue weighted by atomic mass is 32.1. The molecule has 0 spiro atoms. The number of carbonyl (C=O) groups is 1. The van der Waals surface area contributed by atoms with Crippen molar-refractivity contribution in [1.29, 1.82) is 0 Å². The number of hydrogen-bond donors (Lipinski definition) is 1. The molecular weight excluding hydrogens is 366 g/mol. The standard InChI is InChI=1S/C23H25N3OS/c1-2-18-8-10-19(11-9-18)22-24-21(17-28-22)16-25-12-14-26(15-13-25)23(27)20-6-4-3-5-7-20/h3-11,17H,2,12-16H2,1H3/p+1. The van der Waals surface area contributed by atoms with Crippen LogP contribution in [-0.2, 0) is 13.0 Å². The monoisotopic (exact) mass is 392 g/mol. The van der Waals surface area contributed by atoms with E-state index in [0.29, 0.717) is 0 Å². The lowest BCUT2D eigenvalue weighted by Crippen LogP contribution is -3.13. The Kier molecular flexibility index (Phi) is 5.84. The second-order valence-corrected chi connectivity index (χ2v) is 8.14. The van der Waals surface area contributed by atoms with E-state index in [4.69, 9.17) is 4.98 Å². The first-order valence-corrected chi connectivity index (χ1v) is 10.8. The number of nitrogens with one attached hydrogen (secondary N) is 1. The zero-order chi connectivity index (χ0) is 19.3. The predicted molar refractivity (Wildman–Crippen MR) is 114 cm³/mol. The molecule has 0 saturated carbocycles. The highest BCUT2D eigenvalue weighted by Crippen LogP contribution is 2.24. The van der Waals surface area contributed by atoms with Gasteiger partial charge in [0.2, 0.25) is 0 Å². The molecule has 1 saturated heterocycles. The minimum Gasteiger partial charge on any atom is -0.327 e. The number of aryl methyl sites for hydroxylation is 1. The summed E-state index contributed by atoms with van der Waals surface area (Å²) in [5.41, 5.74) is 4.48. The van der Waals surface area contributed by atoms with Crippen LogP contribution >= 0.6 is 11.3 Å². The molecule has 144 valence electrons. The van der Waals surface area contributed by atoms with Gasteiger partial charge in [-0.25, -0.2) is 4.98 Å². The highest BCUT2D eigenvalue weighted by Gasteiger charge is 2.25. The van der Waals surface area contributed by atoms with E-state index >= 15 is 0 Å². The van der Waals surface area contributed by atoms with Crippen molar-refractivity contribution in [3.63, 3.8) is 0 Å². The third-order valence-electron chi connectivity index (χ3n) is 5.37. The maximum absolute atomic E-state index is 12.6.